The highest BCUT2D eigenvalue weighted by Crippen LogP contribution is 2.57. The van der Waals surface area contributed by atoms with Crippen molar-refractivity contribution < 1.29 is 9.53 Å². The number of amides is 1. The van der Waals surface area contributed by atoms with Crippen LogP contribution in [0.25, 0.3) is 10.8 Å². The first-order chi connectivity index (χ1) is 11.9. The molecule has 0 bridgehead atoms. The Bertz CT molecular complexity index is 844. The van der Waals surface area contributed by atoms with Crippen LogP contribution >= 0.6 is 0 Å². The maximum atomic E-state index is 13.5. The molecule has 3 heteroatoms. The number of nitrogens with zero attached hydrogens (tertiary/aromatic N) is 1. The molecular formula is C22H27NO2. The topological polar surface area (TPSA) is 29.5 Å². The Morgan fingerprint density at radius 1 is 1.20 bits per heavy atom. The number of fused-ring (bicyclic) bond motifs is 3. The van der Waals surface area contributed by atoms with Crippen LogP contribution in [0.5, 0.6) is 5.75 Å². The molecule has 1 fully saturated rings. The molecule has 1 saturated carbocycles. The summed E-state index contributed by atoms with van der Waals surface area (Å²) in [6, 6.07) is 10.4. The van der Waals surface area contributed by atoms with Crippen molar-refractivity contribution in [3.8, 4) is 5.75 Å². The van der Waals surface area contributed by atoms with Gasteiger partial charge in [-0.3, -0.25) is 4.79 Å². The number of benzene rings is 2. The van der Waals surface area contributed by atoms with E-state index < -0.39 is 0 Å². The summed E-state index contributed by atoms with van der Waals surface area (Å²) in [6.07, 6.45) is 3.83. The highest BCUT2D eigenvalue weighted by atomic mass is 16.5. The number of carbonyl (C=O) groups excluding carboxylic acids is 1. The van der Waals surface area contributed by atoms with Crippen LogP contribution in [0, 0.1) is 10.8 Å². The molecule has 0 unspecified atom stereocenters. The third kappa shape index (κ3) is 2.36. The average molecular weight is 337 g/mol. The molecule has 0 saturated heterocycles. The largest absolute Gasteiger partial charge is 0.496 e. The van der Waals surface area contributed by atoms with Gasteiger partial charge in [0.25, 0.3) is 0 Å². The van der Waals surface area contributed by atoms with Gasteiger partial charge in [0.1, 0.15) is 5.75 Å². The second kappa shape index (κ2) is 5.48. The molecule has 3 nitrogen and oxygen atoms in total. The number of anilines is 1. The van der Waals surface area contributed by atoms with Gasteiger partial charge in [-0.1, -0.05) is 45.0 Å². The summed E-state index contributed by atoms with van der Waals surface area (Å²) in [6.45, 7) is 7.48. The van der Waals surface area contributed by atoms with E-state index in [1.807, 2.05) is 11.0 Å². The molecule has 1 aliphatic heterocycles. The van der Waals surface area contributed by atoms with Gasteiger partial charge < -0.3 is 9.64 Å². The van der Waals surface area contributed by atoms with E-state index in [0.29, 0.717) is 5.91 Å². The zero-order valence-electron chi connectivity index (χ0n) is 15.7. The summed E-state index contributed by atoms with van der Waals surface area (Å²) in [5, 5.41) is 2.35. The molecule has 0 atom stereocenters. The van der Waals surface area contributed by atoms with Gasteiger partial charge in [0.2, 0.25) is 5.91 Å². The summed E-state index contributed by atoms with van der Waals surface area (Å²) in [7, 11) is 1.71. The Kier molecular flexibility index (Phi) is 3.61. The summed E-state index contributed by atoms with van der Waals surface area (Å²) in [4.78, 5) is 15.5. The molecule has 132 valence electrons. The number of carbonyl (C=O) groups is 1. The molecule has 0 N–H and O–H groups in total. The first kappa shape index (κ1) is 16.4. The summed E-state index contributed by atoms with van der Waals surface area (Å²) >= 11 is 0. The smallest absolute Gasteiger partial charge is 0.233 e. The molecule has 0 aromatic heterocycles. The number of hydrogen-bond donors (Lipinski definition) is 0. The average Bonchev–Trinajstić information content (AvgIpc) is 3.01. The van der Waals surface area contributed by atoms with Crippen LogP contribution < -0.4 is 9.64 Å². The lowest BCUT2D eigenvalue weighted by Crippen LogP contribution is -2.53. The number of hydrogen-bond acceptors (Lipinski definition) is 2. The SMILES string of the molecule is CCC1(C(=O)N2CCc3c2cc(OC)c2ccccc32)CC(C)(C)C1. The maximum absolute atomic E-state index is 13.5. The molecule has 0 radical (unpaired) electrons. The lowest BCUT2D eigenvalue weighted by atomic mass is 9.52. The second-order valence-electron chi connectivity index (χ2n) is 8.48. The van der Waals surface area contributed by atoms with Crippen LogP contribution in [-0.4, -0.2) is 19.6 Å². The predicted molar refractivity (Wildman–Crippen MR) is 102 cm³/mol. The van der Waals surface area contributed by atoms with Crippen molar-refractivity contribution in [2.45, 2.75) is 46.5 Å². The van der Waals surface area contributed by atoms with Gasteiger partial charge in [-0.25, -0.2) is 0 Å². The molecule has 2 aromatic carbocycles. The monoisotopic (exact) mass is 337 g/mol. The second-order valence-corrected chi connectivity index (χ2v) is 8.48. The van der Waals surface area contributed by atoms with Gasteiger partial charge in [0, 0.05) is 18.0 Å². The van der Waals surface area contributed by atoms with Crippen molar-refractivity contribution in [1.82, 2.24) is 0 Å². The van der Waals surface area contributed by atoms with Gasteiger partial charge in [-0.15, -0.1) is 0 Å². The molecule has 1 amide bonds. The molecule has 1 aliphatic carbocycles. The van der Waals surface area contributed by atoms with E-state index >= 15 is 0 Å². The number of ether oxygens (including phenoxy) is 1. The van der Waals surface area contributed by atoms with E-state index in [9.17, 15) is 4.79 Å². The molecular weight excluding hydrogens is 310 g/mol. The molecule has 25 heavy (non-hydrogen) atoms. The summed E-state index contributed by atoms with van der Waals surface area (Å²) in [5.41, 5.74) is 2.45. The van der Waals surface area contributed by atoms with Crippen LogP contribution in [-0.2, 0) is 11.2 Å². The Morgan fingerprint density at radius 3 is 2.48 bits per heavy atom. The standard InChI is InChI=1S/C22H27NO2/c1-5-22(13-21(2,3)14-22)20(24)23-11-10-16-15-8-6-7-9-17(15)19(25-4)12-18(16)23/h6-9,12H,5,10-11,13-14H2,1-4H3. The van der Waals surface area contributed by atoms with Crippen LogP contribution in [0.4, 0.5) is 5.69 Å². The Labute approximate surface area is 150 Å². The fraction of sp³-hybridized carbons (Fsp3) is 0.500. The van der Waals surface area contributed by atoms with Crippen molar-refractivity contribution in [3.63, 3.8) is 0 Å². The fourth-order valence-electron chi connectivity index (χ4n) is 5.23. The maximum Gasteiger partial charge on any atom is 0.233 e. The highest BCUT2D eigenvalue weighted by Gasteiger charge is 2.54. The van der Waals surface area contributed by atoms with E-state index in [1.54, 1.807) is 7.11 Å². The first-order valence-corrected chi connectivity index (χ1v) is 9.31. The van der Waals surface area contributed by atoms with Gasteiger partial charge in [-0.2, -0.15) is 0 Å². The fourth-order valence-corrected chi connectivity index (χ4v) is 5.23. The van der Waals surface area contributed by atoms with Gasteiger partial charge in [-0.05, 0) is 42.0 Å². The van der Waals surface area contributed by atoms with E-state index in [-0.39, 0.29) is 10.8 Å². The quantitative estimate of drug-likeness (QED) is 0.793. The van der Waals surface area contributed by atoms with E-state index in [4.69, 9.17) is 4.74 Å². The van der Waals surface area contributed by atoms with Gasteiger partial charge in [0.15, 0.2) is 0 Å². The normalized spacial score (nSPS) is 20.2. The van der Waals surface area contributed by atoms with Crippen LogP contribution in [0.1, 0.15) is 45.6 Å². The van der Waals surface area contributed by atoms with Gasteiger partial charge >= 0.3 is 0 Å². The summed E-state index contributed by atoms with van der Waals surface area (Å²) < 4.78 is 5.63. The van der Waals surface area contributed by atoms with E-state index in [0.717, 1.165) is 49.1 Å². The van der Waals surface area contributed by atoms with E-state index in [1.165, 1.54) is 10.9 Å². The Morgan fingerprint density at radius 2 is 1.88 bits per heavy atom. The number of methoxy groups -OCH3 is 1. The van der Waals surface area contributed by atoms with Crippen LogP contribution in [0.15, 0.2) is 30.3 Å². The van der Waals surface area contributed by atoms with Gasteiger partial charge in [0.05, 0.1) is 18.2 Å². The van der Waals surface area contributed by atoms with Crippen molar-refractivity contribution in [3.05, 3.63) is 35.9 Å². The third-order valence-electron chi connectivity index (χ3n) is 6.20. The Balaban J connectivity index is 1.77. The number of rotatable bonds is 3. The van der Waals surface area contributed by atoms with Crippen LogP contribution in [0.2, 0.25) is 0 Å². The molecule has 0 spiro atoms. The minimum Gasteiger partial charge on any atom is -0.496 e. The minimum absolute atomic E-state index is 0.177. The highest BCUT2D eigenvalue weighted by molar-refractivity contribution is 6.05. The first-order valence-electron chi connectivity index (χ1n) is 9.31. The molecule has 4 rings (SSSR count). The molecule has 2 aliphatic rings. The predicted octanol–water partition coefficient (Wildman–Crippen LogP) is 4.95. The Hall–Kier alpha value is -2.03. The summed E-state index contributed by atoms with van der Waals surface area (Å²) in [5.74, 6) is 1.17. The zero-order chi connectivity index (χ0) is 17.8. The van der Waals surface area contributed by atoms with Crippen molar-refractivity contribution >= 4 is 22.4 Å². The minimum atomic E-state index is -0.177. The lowest BCUT2D eigenvalue weighted by Gasteiger charge is -2.53. The van der Waals surface area contributed by atoms with E-state index in [2.05, 4.69) is 45.0 Å². The zero-order valence-corrected chi connectivity index (χ0v) is 15.7. The van der Waals surface area contributed by atoms with Crippen molar-refractivity contribution in [1.29, 1.82) is 0 Å². The van der Waals surface area contributed by atoms with Crippen LogP contribution in [0.3, 0.4) is 0 Å². The van der Waals surface area contributed by atoms with Crippen molar-refractivity contribution in [2.75, 3.05) is 18.6 Å². The lowest BCUT2D eigenvalue weighted by molar-refractivity contribution is -0.142. The molecule has 2 aromatic rings. The third-order valence-corrected chi connectivity index (χ3v) is 6.20. The molecule has 1 heterocycles. The van der Waals surface area contributed by atoms with Crippen molar-refractivity contribution in [2.24, 2.45) is 10.8 Å².